The maximum absolute atomic E-state index is 11.6. The summed E-state index contributed by atoms with van der Waals surface area (Å²) in [7, 11) is 0. The summed E-state index contributed by atoms with van der Waals surface area (Å²) in [5, 5.41) is 9.06. The van der Waals surface area contributed by atoms with Crippen LogP contribution in [0.4, 0.5) is 5.82 Å². The first-order chi connectivity index (χ1) is 8.15. The number of aliphatic hydroxyl groups excluding tert-OH is 1. The molecule has 8 nitrogen and oxygen atoms in total. The van der Waals surface area contributed by atoms with Crippen molar-refractivity contribution < 1.29 is 14.7 Å². The van der Waals surface area contributed by atoms with Crippen molar-refractivity contribution in [3.8, 4) is 0 Å². The lowest BCUT2D eigenvalue weighted by Gasteiger charge is -2.14. The molecular weight excluding hydrogens is 228 g/mol. The maximum atomic E-state index is 11.6. The highest BCUT2D eigenvalue weighted by molar-refractivity contribution is 5.23. The van der Waals surface area contributed by atoms with E-state index >= 15 is 0 Å². The first-order valence-corrected chi connectivity index (χ1v) is 5.12. The van der Waals surface area contributed by atoms with E-state index in [0.717, 1.165) is 0 Å². The Morgan fingerprint density at radius 1 is 1.71 bits per heavy atom. The summed E-state index contributed by atoms with van der Waals surface area (Å²) in [4.78, 5) is 19.8. The van der Waals surface area contributed by atoms with E-state index in [1.165, 1.54) is 16.8 Å². The Morgan fingerprint density at radius 3 is 3.00 bits per heavy atom. The molecule has 1 aromatic rings. The van der Waals surface area contributed by atoms with Crippen molar-refractivity contribution in [3.63, 3.8) is 0 Å². The van der Waals surface area contributed by atoms with Crippen LogP contribution in [-0.2, 0) is 9.57 Å². The molecule has 1 unspecified atom stereocenters. The van der Waals surface area contributed by atoms with E-state index in [9.17, 15) is 4.79 Å². The lowest BCUT2D eigenvalue weighted by molar-refractivity contribution is -0.0629. The Balaban J connectivity index is 2.22. The van der Waals surface area contributed by atoms with Crippen molar-refractivity contribution in [1.82, 2.24) is 9.55 Å². The predicted molar refractivity (Wildman–Crippen MR) is 57.6 cm³/mol. The molecule has 2 heterocycles. The van der Waals surface area contributed by atoms with Gasteiger partial charge in [0.25, 0.3) is 0 Å². The first-order valence-electron chi connectivity index (χ1n) is 5.12. The smallest absolute Gasteiger partial charge is 0.351 e. The third-order valence-electron chi connectivity index (χ3n) is 2.70. The van der Waals surface area contributed by atoms with Gasteiger partial charge < -0.3 is 15.6 Å². The Bertz CT molecular complexity index is 437. The van der Waals surface area contributed by atoms with Gasteiger partial charge in [-0.25, -0.2) is 10.7 Å². The van der Waals surface area contributed by atoms with Crippen LogP contribution in [-0.4, -0.2) is 33.5 Å². The van der Waals surface area contributed by atoms with Gasteiger partial charge in [-0.05, 0) is 6.07 Å². The van der Waals surface area contributed by atoms with Crippen LogP contribution in [0.2, 0.25) is 0 Å². The molecule has 94 valence electrons. The van der Waals surface area contributed by atoms with Gasteiger partial charge in [0.15, 0.2) is 0 Å². The van der Waals surface area contributed by atoms with Crippen molar-refractivity contribution in [3.05, 3.63) is 22.7 Å². The molecule has 1 aromatic heterocycles. The van der Waals surface area contributed by atoms with Crippen LogP contribution in [0.3, 0.4) is 0 Å². The van der Waals surface area contributed by atoms with Crippen LogP contribution < -0.4 is 17.3 Å². The normalized spacial score (nSPS) is 28.5. The Labute approximate surface area is 96.7 Å². The topological polar surface area (TPSA) is 126 Å². The second kappa shape index (κ2) is 4.80. The minimum Gasteiger partial charge on any atom is -0.394 e. The highest BCUT2D eigenvalue weighted by Gasteiger charge is 2.36. The summed E-state index contributed by atoms with van der Waals surface area (Å²) in [6.45, 7) is -0.227. The van der Waals surface area contributed by atoms with Gasteiger partial charge in [-0.3, -0.25) is 9.40 Å². The second-order valence-corrected chi connectivity index (χ2v) is 3.76. The number of nitrogens with two attached hydrogens (primary N) is 2. The number of aromatic nitrogens is 2. The fourth-order valence-electron chi connectivity index (χ4n) is 1.82. The summed E-state index contributed by atoms with van der Waals surface area (Å²) < 4.78 is 6.74. The maximum Gasteiger partial charge on any atom is 0.351 e. The van der Waals surface area contributed by atoms with Crippen molar-refractivity contribution in [1.29, 1.82) is 0 Å². The molecule has 0 amide bonds. The molecule has 2 rings (SSSR count). The predicted octanol–water partition coefficient (Wildman–Crippen LogP) is -1.64. The van der Waals surface area contributed by atoms with Gasteiger partial charge in [-0.2, -0.15) is 4.98 Å². The van der Waals surface area contributed by atoms with E-state index in [1.807, 2.05) is 0 Å². The molecule has 0 spiro atoms. The lowest BCUT2D eigenvalue weighted by Crippen LogP contribution is -2.30. The van der Waals surface area contributed by atoms with E-state index in [-0.39, 0.29) is 12.4 Å². The molecule has 0 radical (unpaired) electrons. The minimum atomic E-state index is -0.554. The number of rotatable bonds is 3. The fourth-order valence-corrected chi connectivity index (χ4v) is 1.82. The minimum absolute atomic E-state index is 0.148. The average molecular weight is 242 g/mol. The van der Waals surface area contributed by atoms with Gasteiger partial charge in [0.2, 0.25) is 0 Å². The molecule has 1 aliphatic rings. The van der Waals surface area contributed by atoms with Crippen LogP contribution >= 0.6 is 0 Å². The monoisotopic (exact) mass is 242 g/mol. The summed E-state index contributed by atoms with van der Waals surface area (Å²) >= 11 is 0. The molecule has 5 N–H and O–H groups in total. The van der Waals surface area contributed by atoms with E-state index in [2.05, 4.69) is 9.82 Å². The largest absolute Gasteiger partial charge is 0.394 e. The number of anilines is 1. The van der Waals surface area contributed by atoms with Gasteiger partial charge in [0.1, 0.15) is 24.3 Å². The van der Waals surface area contributed by atoms with E-state index in [1.54, 1.807) is 0 Å². The second-order valence-electron chi connectivity index (χ2n) is 3.76. The SMILES string of the molecule is NOC1C[C@H](n2ccc(N)nc2=O)O[C@@H]1CO. The zero-order valence-electron chi connectivity index (χ0n) is 9.02. The molecule has 3 atom stereocenters. The average Bonchev–Trinajstić information content (AvgIpc) is 2.72. The standard InChI is InChI=1S/C9H14N4O4/c10-7-1-2-13(9(15)12-7)8-3-5(17-11)6(4-14)16-8/h1-2,5-6,8,14H,3-4,11H2,(H2,10,12,15)/t5?,6-,8-/m1/s1. The Hall–Kier alpha value is -1.48. The van der Waals surface area contributed by atoms with Gasteiger partial charge >= 0.3 is 5.69 Å². The molecule has 0 aromatic carbocycles. The molecule has 1 saturated heterocycles. The summed E-state index contributed by atoms with van der Waals surface area (Å²) in [5.41, 5.74) is 4.87. The number of hydrogen-bond donors (Lipinski definition) is 3. The third kappa shape index (κ3) is 2.29. The van der Waals surface area contributed by atoms with Gasteiger partial charge in [-0.15, -0.1) is 0 Å². The number of nitrogen functional groups attached to an aromatic ring is 1. The van der Waals surface area contributed by atoms with E-state index in [4.69, 9.17) is 21.5 Å². The molecule has 8 heteroatoms. The van der Waals surface area contributed by atoms with Crippen molar-refractivity contribution in [2.75, 3.05) is 12.3 Å². The molecule has 0 aliphatic carbocycles. The van der Waals surface area contributed by atoms with Gasteiger partial charge in [-0.1, -0.05) is 0 Å². The number of nitrogens with zero attached hydrogens (tertiary/aromatic N) is 2. The van der Waals surface area contributed by atoms with Crippen molar-refractivity contribution in [2.45, 2.75) is 24.9 Å². The highest BCUT2D eigenvalue weighted by Crippen LogP contribution is 2.28. The zero-order valence-corrected chi connectivity index (χ0v) is 9.02. The van der Waals surface area contributed by atoms with Gasteiger partial charge in [0, 0.05) is 12.6 Å². The fraction of sp³-hybridized carbons (Fsp3) is 0.556. The molecule has 0 bridgehead atoms. The van der Waals surface area contributed by atoms with E-state index in [0.29, 0.717) is 6.42 Å². The quantitative estimate of drug-likeness (QED) is 0.543. The van der Waals surface area contributed by atoms with Crippen LogP contribution in [0.5, 0.6) is 0 Å². The highest BCUT2D eigenvalue weighted by atomic mass is 16.7. The van der Waals surface area contributed by atoms with Crippen LogP contribution in [0.25, 0.3) is 0 Å². The summed E-state index contributed by atoms with van der Waals surface area (Å²) in [6.07, 6.45) is 0.306. The first kappa shape index (κ1) is 12.0. The Kier molecular flexibility index (Phi) is 3.38. The van der Waals surface area contributed by atoms with Crippen molar-refractivity contribution >= 4 is 5.82 Å². The van der Waals surface area contributed by atoms with Gasteiger partial charge in [0.05, 0.1) is 6.61 Å². The molecule has 1 aliphatic heterocycles. The van der Waals surface area contributed by atoms with Crippen LogP contribution in [0.1, 0.15) is 12.6 Å². The van der Waals surface area contributed by atoms with E-state index < -0.39 is 24.1 Å². The summed E-state index contributed by atoms with van der Waals surface area (Å²) in [6, 6.07) is 1.50. The summed E-state index contributed by atoms with van der Waals surface area (Å²) in [5.74, 6) is 5.24. The number of hydrogen-bond acceptors (Lipinski definition) is 7. The molecule has 0 saturated carbocycles. The van der Waals surface area contributed by atoms with Crippen LogP contribution in [0.15, 0.2) is 17.1 Å². The molecule has 1 fully saturated rings. The zero-order chi connectivity index (χ0) is 12.4. The molecular formula is C9H14N4O4. The number of aliphatic hydroxyl groups is 1. The van der Waals surface area contributed by atoms with Crippen molar-refractivity contribution in [2.24, 2.45) is 5.90 Å². The lowest BCUT2D eigenvalue weighted by atomic mass is 10.2. The number of ether oxygens (including phenoxy) is 1. The Morgan fingerprint density at radius 2 is 2.47 bits per heavy atom. The molecule has 17 heavy (non-hydrogen) atoms. The third-order valence-corrected chi connectivity index (χ3v) is 2.70. The van der Waals surface area contributed by atoms with Crippen LogP contribution in [0, 0.1) is 0 Å².